The molecule has 0 saturated carbocycles. The van der Waals surface area contributed by atoms with Crippen molar-refractivity contribution in [1.29, 1.82) is 0 Å². The summed E-state index contributed by atoms with van der Waals surface area (Å²) in [6.45, 7) is 14.4. The van der Waals surface area contributed by atoms with E-state index in [0.29, 0.717) is 12.0 Å². The molecule has 0 aromatic heterocycles. The first-order valence-corrected chi connectivity index (χ1v) is 7.51. The molecule has 112 valence electrons. The molecule has 1 aliphatic heterocycles. The molecule has 0 unspecified atom stereocenters. The number of allylic oxidation sites excluding steroid dienone is 1. The minimum Gasteiger partial charge on any atom is -0.376 e. The summed E-state index contributed by atoms with van der Waals surface area (Å²) in [6, 6.07) is 0.681. The summed E-state index contributed by atoms with van der Waals surface area (Å²) in [6.07, 6.45) is 2.32. The predicted octanol–water partition coefficient (Wildman–Crippen LogP) is 1.32. The Kier molecular flexibility index (Phi) is 7.42. The molecule has 2 N–H and O–H groups in total. The molecule has 4 nitrogen and oxygen atoms in total. The van der Waals surface area contributed by atoms with Gasteiger partial charge < -0.3 is 15.5 Å². The van der Waals surface area contributed by atoms with E-state index < -0.39 is 0 Å². The second-order valence-electron chi connectivity index (χ2n) is 6.04. The third-order valence-corrected chi connectivity index (χ3v) is 4.01. The van der Waals surface area contributed by atoms with Crippen molar-refractivity contribution in [3.05, 3.63) is 12.3 Å². The van der Waals surface area contributed by atoms with E-state index in [0.717, 1.165) is 18.8 Å². The van der Waals surface area contributed by atoms with Gasteiger partial charge in [-0.25, -0.2) is 0 Å². The lowest BCUT2D eigenvalue weighted by molar-refractivity contribution is 0.107. The van der Waals surface area contributed by atoms with Gasteiger partial charge in [-0.1, -0.05) is 13.5 Å². The van der Waals surface area contributed by atoms with Gasteiger partial charge >= 0.3 is 0 Å². The zero-order valence-electron chi connectivity index (χ0n) is 13.2. The highest BCUT2D eigenvalue weighted by Crippen LogP contribution is 2.18. The SMILES string of the molecule is C=C(C[C@@H](C)C[C@H](C)N1CCN(C)CC1)NCNC. The van der Waals surface area contributed by atoms with Crippen LogP contribution in [0.1, 0.15) is 26.7 Å². The highest BCUT2D eigenvalue weighted by Gasteiger charge is 2.20. The van der Waals surface area contributed by atoms with Crippen LogP contribution in [-0.2, 0) is 0 Å². The van der Waals surface area contributed by atoms with Crippen LogP contribution in [0.25, 0.3) is 0 Å². The Balaban J connectivity index is 2.23. The average molecular weight is 268 g/mol. The molecule has 0 aromatic carbocycles. The van der Waals surface area contributed by atoms with E-state index in [-0.39, 0.29) is 0 Å². The Morgan fingerprint density at radius 1 is 1.21 bits per heavy atom. The fourth-order valence-electron chi connectivity index (χ4n) is 2.78. The molecular formula is C15H32N4. The Labute approximate surface area is 119 Å². The van der Waals surface area contributed by atoms with Crippen LogP contribution < -0.4 is 10.6 Å². The van der Waals surface area contributed by atoms with Gasteiger partial charge in [0, 0.05) is 37.9 Å². The minimum atomic E-state index is 0.681. The zero-order chi connectivity index (χ0) is 14.3. The van der Waals surface area contributed by atoms with Crippen LogP contribution in [0.3, 0.4) is 0 Å². The first kappa shape index (κ1) is 16.5. The lowest BCUT2D eigenvalue weighted by Gasteiger charge is -2.37. The van der Waals surface area contributed by atoms with Gasteiger partial charge in [0.25, 0.3) is 0 Å². The number of hydrogen-bond acceptors (Lipinski definition) is 4. The van der Waals surface area contributed by atoms with Crippen molar-refractivity contribution >= 4 is 0 Å². The maximum Gasteiger partial charge on any atom is 0.0647 e. The molecule has 0 radical (unpaired) electrons. The fourth-order valence-corrected chi connectivity index (χ4v) is 2.78. The van der Waals surface area contributed by atoms with Crippen molar-refractivity contribution in [2.24, 2.45) is 5.92 Å². The predicted molar refractivity (Wildman–Crippen MR) is 83.1 cm³/mol. The van der Waals surface area contributed by atoms with E-state index in [1.54, 1.807) is 0 Å². The fraction of sp³-hybridized carbons (Fsp3) is 0.867. The molecule has 0 amide bonds. The summed E-state index contributed by atoms with van der Waals surface area (Å²) < 4.78 is 0. The van der Waals surface area contributed by atoms with Gasteiger partial charge in [-0.05, 0) is 39.8 Å². The first-order chi connectivity index (χ1) is 9.02. The maximum atomic E-state index is 4.09. The third-order valence-electron chi connectivity index (χ3n) is 4.01. The Morgan fingerprint density at radius 2 is 1.84 bits per heavy atom. The number of piperazine rings is 1. The quantitative estimate of drug-likeness (QED) is 0.650. The molecule has 1 rings (SSSR count). The standard InChI is InChI=1S/C15H32N4/c1-13(10-14(2)17-12-16-4)11-15(3)19-8-6-18(5)7-9-19/h13,15-17H,2,6-12H2,1,3-5H3/t13-,15+/m1/s1. The van der Waals surface area contributed by atoms with Crippen molar-refractivity contribution in [2.75, 3.05) is 46.9 Å². The van der Waals surface area contributed by atoms with Crippen LogP contribution >= 0.6 is 0 Å². The molecule has 4 heteroatoms. The van der Waals surface area contributed by atoms with Crippen molar-refractivity contribution in [1.82, 2.24) is 20.4 Å². The van der Waals surface area contributed by atoms with E-state index >= 15 is 0 Å². The number of nitrogens with one attached hydrogen (secondary N) is 2. The Hall–Kier alpha value is -0.580. The van der Waals surface area contributed by atoms with Crippen LogP contribution in [0.5, 0.6) is 0 Å². The summed E-state index contributed by atoms with van der Waals surface area (Å²) >= 11 is 0. The monoisotopic (exact) mass is 268 g/mol. The van der Waals surface area contributed by atoms with Gasteiger partial charge in [0.2, 0.25) is 0 Å². The maximum absolute atomic E-state index is 4.09. The highest BCUT2D eigenvalue weighted by molar-refractivity contribution is 4.92. The minimum absolute atomic E-state index is 0.681. The van der Waals surface area contributed by atoms with Gasteiger partial charge in [0.1, 0.15) is 0 Å². The van der Waals surface area contributed by atoms with Crippen LogP contribution in [0.4, 0.5) is 0 Å². The smallest absolute Gasteiger partial charge is 0.0647 e. The zero-order valence-corrected chi connectivity index (χ0v) is 13.2. The molecular weight excluding hydrogens is 236 g/mol. The molecule has 1 saturated heterocycles. The summed E-state index contributed by atoms with van der Waals surface area (Å²) in [7, 11) is 4.15. The Bertz CT molecular complexity index is 259. The topological polar surface area (TPSA) is 30.5 Å². The molecule has 19 heavy (non-hydrogen) atoms. The lowest BCUT2D eigenvalue weighted by Crippen LogP contribution is -2.48. The summed E-state index contributed by atoms with van der Waals surface area (Å²) in [5.74, 6) is 0.687. The number of rotatable bonds is 8. The number of hydrogen-bond donors (Lipinski definition) is 2. The van der Waals surface area contributed by atoms with Gasteiger partial charge in [0.05, 0.1) is 6.67 Å². The van der Waals surface area contributed by atoms with Crippen LogP contribution in [-0.4, -0.2) is 62.8 Å². The van der Waals surface area contributed by atoms with Crippen LogP contribution in [0, 0.1) is 5.92 Å². The molecule has 0 aliphatic carbocycles. The first-order valence-electron chi connectivity index (χ1n) is 7.51. The van der Waals surface area contributed by atoms with Crippen LogP contribution in [0.15, 0.2) is 12.3 Å². The number of likely N-dealkylation sites (N-methyl/N-ethyl adjacent to an activating group) is 1. The largest absolute Gasteiger partial charge is 0.376 e. The van der Waals surface area contributed by atoms with Gasteiger partial charge in [-0.15, -0.1) is 0 Å². The van der Waals surface area contributed by atoms with Crippen molar-refractivity contribution in [2.45, 2.75) is 32.7 Å². The van der Waals surface area contributed by atoms with Crippen LogP contribution in [0.2, 0.25) is 0 Å². The van der Waals surface area contributed by atoms with Gasteiger partial charge in [-0.2, -0.15) is 0 Å². The van der Waals surface area contributed by atoms with Crippen molar-refractivity contribution in [3.63, 3.8) is 0 Å². The lowest BCUT2D eigenvalue weighted by atomic mass is 9.97. The van der Waals surface area contributed by atoms with Crippen molar-refractivity contribution in [3.8, 4) is 0 Å². The molecule has 0 spiro atoms. The third kappa shape index (κ3) is 6.41. The average Bonchev–Trinajstić information content (AvgIpc) is 2.36. The van der Waals surface area contributed by atoms with Gasteiger partial charge in [-0.3, -0.25) is 4.90 Å². The normalized spacial score (nSPS) is 21.1. The molecule has 0 bridgehead atoms. The summed E-state index contributed by atoms with van der Waals surface area (Å²) in [5.41, 5.74) is 1.15. The number of nitrogens with zero attached hydrogens (tertiary/aromatic N) is 2. The van der Waals surface area contributed by atoms with Gasteiger partial charge in [0.15, 0.2) is 0 Å². The summed E-state index contributed by atoms with van der Waals surface area (Å²) in [5, 5.41) is 6.38. The molecule has 1 fully saturated rings. The van der Waals surface area contributed by atoms with E-state index in [1.807, 2.05) is 7.05 Å². The van der Waals surface area contributed by atoms with E-state index in [1.165, 1.54) is 32.6 Å². The Morgan fingerprint density at radius 3 is 2.42 bits per heavy atom. The van der Waals surface area contributed by atoms with E-state index in [9.17, 15) is 0 Å². The molecule has 2 atom stereocenters. The molecule has 0 aromatic rings. The van der Waals surface area contributed by atoms with E-state index in [4.69, 9.17) is 0 Å². The second-order valence-corrected chi connectivity index (χ2v) is 6.04. The second kappa shape index (κ2) is 8.56. The molecule has 1 heterocycles. The summed E-state index contributed by atoms with van der Waals surface area (Å²) in [4.78, 5) is 5.04. The van der Waals surface area contributed by atoms with Crippen molar-refractivity contribution < 1.29 is 0 Å². The van der Waals surface area contributed by atoms with E-state index in [2.05, 4.69) is 47.9 Å². The highest BCUT2D eigenvalue weighted by atomic mass is 15.3. The molecule has 1 aliphatic rings.